The van der Waals surface area contributed by atoms with E-state index in [9.17, 15) is 0 Å². The fourth-order valence-corrected chi connectivity index (χ4v) is 2.33. The van der Waals surface area contributed by atoms with Gasteiger partial charge in [0, 0.05) is 19.7 Å². The molecular weight excluding hydrogens is 214 g/mol. The fourth-order valence-electron chi connectivity index (χ4n) is 2.33. The Balaban J connectivity index is 1.75. The highest BCUT2D eigenvalue weighted by atomic mass is 16.5. The van der Waals surface area contributed by atoms with Crippen LogP contribution in [0.15, 0.2) is 0 Å². The summed E-state index contributed by atoms with van der Waals surface area (Å²) in [5, 5.41) is 8.65. The van der Waals surface area contributed by atoms with Gasteiger partial charge in [0.05, 0.1) is 13.2 Å². The largest absolute Gasteiger partial charge is 0.396 e. The van der Waals surface area contributed by atoms with Crippen LogP contribution in [-0.4, -0.2) is 49.5 Å². The molecule has 0 unspecified atom stereocenters. The highest BCUT2D eigenvalue weighted by Crippen LogP contribution is 2.09. The zero-order valence-corrected chi connectivity index (χ0v) is 11.2. The molecule has 1 aliphatic heterocycles. The number of hydrogen-bond donors (Lipinski definition) is 1. The molecule has 1 fully saturated rings. The van der Waals surface area contributed by atoms with E-state index in [1.165, 1.54) is 51.5 Å². The van der Waals surface area contributed by atoms with E-state index in [1.54, 1.807) is 0 Å². The highest BCUT2D eigenvalue weighted by molar-refractivity contribution is 4.61. The van der Waals surface area contributed by atoms with Gasteiger partial charge in [-0.25, -0.2) is 0 Å². The van der Waals surface area contributed by atoms with Crippen molar-refractivity contribution in [3.8, 4) is 0 Å². The van der Waals surface area contributed by atoms with Gasteiger partial charge in [-0.1, -0.05) is 38.5 Å². The van der Waals surface area contributed by atoms with Crippen LogP contribution < -0.4 is 0 Å². The Labute approximate surface area is 106 Å². The van der Waals surface area contributed by atoms with Gasteiger partial charge in [-0.2, -0.15) is 0 Å². The van der Waals surface area contributed by atoms with Crippen molar-refractivity contribution in [1.82, 2.24) is 4.90 Å². The smallest absolute Gasteiger partial charge is 0.0594 e. The third-order valence-corrected chi connectivity index (χ3v) is 3.49. The Kier molecular flexibility index (Phi) is 9.66. The summed E-state index contributed by atoms with van der Waals surface area (Å²) in [5.41, 5.74) is 0. The number of unbranched alkanes of at least 4 members (excludes halogenated alkanes) is 7. The van der Waals surface area contributed by atoms with E-state index >= 15 is 0 Å². The van der Waals surface area contributed by atoms with Gasteiger partial charge >= 0.3 is 0 Å². The topological polar surface area (TPSA) is 32.7 Å². The summed E-state index contributed by atoms with van der Waals surface area (Å²) in [6.07, 6.45) is 10.3. The molecule has 0 aromatic rings. The van der Waals surface area contributed by atoms with E-state index in [4.69, 9.17) is 9.84 Å². The number of morpholine rings is 1. The number of rotatable bonds is 10. The third-order valence-electron chi connectivity index (χ3n) is 3.49. The van der Waals surface area contributed by atoms with Crippen molar-refractivity contribution < 1.29 is 9.84 Å². The average Bonchev–Trinajstić information content (AvgIpc) is 2.38. The maximum atomic E-state index is 8.65. The van der Waals surface area contributed by atoms with Crippen molar-refractivity contribution in [2.45, 2.75) is 51.4 Å². The fraction of sp³-hybridized carbons (Fsp3) is 1.00. The number of hydrogen-bond acceptors (Lipinski definition) is 3. The molecule has 1 N–H and O–H groups in total. The normalized spacial score (nSPS) is 17.5. The lowest BCUT2D eigenvalue weighted by Gasteiger charge is -2.26. The van der Waals surface area contributed by atoms with Crippen molar-refractivity contribution in [2.24, 2.45) is 0 Å². The zero-order valence-electron chi connectivity index (χ0n) is 11.2. The molecule has 0 spiro atoms. The van der Waals surface area contributed by atoms with Crippen molar-refractivity contribution in [1.29, 1.82) is 0 Å². The van der Waals surface area contributed by atoms with Crippen LogP contribution in [0.4, 0.5) is 0 Å². The Morgan fingerprint density at radius 2 is 1.29 bits per heavy atom. The van der Waals surface area contributed by atoms with Crippen LogP contribution in [0.3, 0.4) is 0 Å². The molecule has 102 valence electrons. The molecule has 0 aliphatic carbocycles. The standard InChI is InChI=1S/C14H29NO2/c16-12-8-6-4-2-1-3-5-7-9-15-10-13-17-14-11-15/h16H,1-14H2. The summed E-state index contributed by atoms with van der Waals surface area (Å²) < 4.78 is 5.33. The quantitative estimate of drug-likeness (QED) is 0.598. The SMILES string of the molecule is OCCCCCCCCCCN1CCOCC1. The zero-order chi connectivity index (χ0) is 12.2. The van der Waals surface area contributed by atoms with E-state index in [0.717, 1.165) is 32.7 Å². The maximum absolute atomic E-state index is 8.65. The predicted molar refractivity (Wildman–Crippen MR) is 71.3 cm³/mol. The Morgan fingerprint density at radius 3 is 1.88 bits per heavy atom. The van der Waals surface area contributed by atoms with Gasteiger partial charge < -0.3 is 9.84 Å². The second kappa shape index (κ2) is 11.0. The lowest BCUT2D eigenvalue weighted by molar-refractivity contribution is 0.0371. The minimum atomic E-state index is 0.361. The minimum absolute atomic E-state index is 0.361. The number of aliphatic hydroxyl groups excluding tert-OH is 1. The highest BCUT2D eigenvalue weighted by Gasteiger charge is 2.08. The molecule has 0 radical (unpaired) electrons. The van der Waals surface area contributed by atoms with E-state index in [-0.39, 0.29) is 0 Å². The summed E-state index contributed by atoms with van der Waals surface area (Å²) in [5.74, 6) is 0. The second-order valence-corrected chi connectivity index (χ2v) is 5.01. The predicted octanol–water partition coefficient (Wildman–Crippen LogP) is 2.43. The summed E-state index contributed by atoms with van der Waals surface area (Å²) in [6.45, 7) is 5.71. The van der Waals surface area contributed by atoms with Gasteiger partial charge in [0.25, 0.3) is 0 Å². The summed E-state index contributed by atoms with van der Waals surface area (Å²) in [4.78, 5) is 2.52. The lowest BCUT2D eigenvalue weighted by Crippen LogP contribution is -2.36. The van der Waals surface area contributed by atoms with Gasteiger partial charge in [-0.3, -0.25) is 4.90 Å². The van der Waals surface area contributed by atoms with Crippen LogP contribution >= 0.6 is 0 Å². The number of nitrogens with zero attached hydrogens (tertiary/aromatic N) is 1. The average molecular weight is 243 g/mol. The minimum Gasteiger partial charge on any atom is -0.396 e. The van der Waals surface area contributed by atoms with Crippen molar-refractivity contribution in [3.05, 3.63) is 0 Å². The van der Waals surface area contributed by atoms with Crippen LogP contribution in [0.25, 0.3) is 0 Å². The van der Waals surface area contributed by atoms with Crippen molar-refractivity contribution in [3.63, 3.8) is 0 Å². The van der Waals surface area contributed by atoms with E-state index in [2.05, 4.69) is 4.90 Å². The van der Waals surface area contributed by atoms with Crippen LogP contribution in [-0.2, 0) is 4.74 Å². The molecule has 1 aliphatic rings. The van der Waals surface area contributed by atoms with Gasteiger partial charge in [0.15, 0.2) is 0 Å². The van der Waals surface area contributed by atoms with Crippen LogP contribution in [0.5, 0.6) is 0 Å². The Morgan fingerprint density at radius 1 is 0.765 bits per heavy atom. The molecule has 1 heterocycles. The first-order valence-corrected chi connectivity index (χ1v) is 7.34. The molecule has 0 aromatic carbocycles. The van der Waals surface area contributed by atoms with Gasteiger partial charge in [-0.15, -0.1) is 0 Å². The summed E-state index contributed by atoms with van der Waals surface area (Å²) in [6, 6.07) is 0. The first kappa shape index (κ1) is 14.9. The van der Waals surface area contributed by atoms with Gasteiger partial charge in [-0.05, 0) is 19.4 Å². The maximum Gasteiger partial charge on any atom is 0.0594 e. The monoisotopic (exact) mass is 243 g/mol. The van der Waals surface area contributed by atoms with Crippen molar-refractivity contribution in [2.75, 3.05) is 39.5 Å². The molecule has 1 saturated heterocycles. The van der Waals surface area contributed by atoms with Crippen LogP contribution in [0.1, 0.15) is 51.4 Å². The lowest BCUT2D eigenvalue weighted by atomic mass is 10.1. The second-order valence-electron chi connectivity index (χ2n) is 5.01. The summed E-state index contributed by atoms with van der Waals surface area (Å²) >= 11 is 0. The molecule has 0 bridgehead atoms. The van der Waals surface area contributed by atoms with Crippen molar-refractivity contribution >= 4 is 0 Å². The van der Waals surface area contributed by atoms with Gasteiger partial charge in [0.1, 0.15) is 0 Å². The molecule has 0 atom stereocenters. The van der Waals surface area contributed by atoms with Gasteiger partial charge in [0.2, 0.25) is 0 Å². The third kappa shape index (κ3) is 8.58. The molecule has 0 saturated carbocycles. The molecule has 3 nitrogen and oxygen atoms in total. The molecule has 0 aromatic heterocycles. The molecular formula is C14H29NO2. The van der Waals surface area contributed by atoms with E-state index < -0.39 is 0 Å². The molecule has 1 rings (SSSR count). The van der Waals surface area contributed by atoms with Crippen LogP contribution in [0, 0.1) is 0 Å². The Bertz CT molecular complexity index is 158. The molecule has 17 heavy (non-hydrogen) atoms. The first-order valence-electron chi connectivity index (χ1n) is 7.34. The van der Waals surface area contributed by atoms with Crippen LogP contribution in [0.2, 0.25) is 0 Å². The Hall–Kier alpha value is -0.120. The van der Waals surface area contributed by atoms with E-state index in [0.29, 0.717) is 6.61 Å². The number of ether oxygens (including phenoxy) is 1. The molecule has 3 heteroatoms. The molecule has 0 amide bonds. The van der Waals surface area contributed by atoms with E-state index in [1.807, 2.05) is 0 Å². The first-order chi connectivity index (χ1) is 8.43. The summed E-state index contributed by atoms with van der Waals surface area (Å²) in [7, 11) is 0. The number of aliphatic hydroxyl groups is 1.